The lowest BCUT2D eigenvalue weighted by Crippen LogP contribution is -2.54. The second-order valence-electron chi connectivity index (χ2n) is 10.7. The third-order valence-corrected chi connectivity index (χ3v) is 8.70. The van der Waals surface area contributed by atoms with E-state index in [0.717, 1.165) is 61.7 Å². The van der Waals surface area contributed by atoms with Crippen molar-refractivity contribution in [3.8, 4) is 5.75 Å². The van der Waals surface area contributed by atoms with Gasteiger partial charge in [-0.2, -0.15) is 0 Å². The quantitative estimate of drug-likeness (QED) is 0.698. The summed E-state index contributed by atoms with van der Waals surface area (Å²) in [7, 11) is 1.64. The number of carbonyl (C=O) groups is 2. The fourth-order valence-corrected chi connectivity index (χ4v) is 6.36. The van der Waals surface area contributed by atoms with Gasteiger partial charge in [0.1, 0.15) is 11.4 Å². The maximum atomic E-state index is 13.3. The van der Waals surface area contributed by atoms with Gasteiger partial charge < -0.3 is 19.5 Å². The van der Waals surface area contributed by atoms with Gasteiger partial charge >= 0.3 is 0 Å². The average Bonchev–Trinajstić information content (AvgIpc) is 3.36. The SMILES string of the molecule is COc1ccc2cc(C(=O)N3CCC([C@H](C)C(=O)N4CCN(C5CCCCC5)CC4)CC3)[nH]c2c1. The Labute approximate surface area is 208 Å². The standard InChI is InChI=1S/C28H40N4O3/c1-20(27(33)32-16-14-30(15-17-32)23-6-4-3-5-7-23)21-10-12-31(13-11-21)28(34)26-18-22-8-9-24(35-2)19-25(22)29-26/h8-9,18-21,23,29H,3-7,10-17H2,1-2H3/t20-/m0/s1. The van der Waals surface area contributed by atoms with Gasteiger partial charge in [-0.15, -0.1) is 0 Å². The minimum Gasteiger partial charge on any atom is -0.497 e. The van der Waals surface area contributed by atoms with Crippen LogP contribution in [0.5, 0.6) is 5.75 Å². The first-order chi connectivity index (χ1) is 17.0. The number of H-pyrrole nitrogens is 1. The molecule has 1 N–H and O–H groups in total. The van der Waals surface area contributed by atoms with Crippen LogP contribution in [0.4, 0.5) is 0 Å². The largest absolute Gasteiger partial charge is 0.497 e. The van der Waals surface area contributed by atoms with E-state index in [4.69, 9.17) is 4.74 Å². The zero-order valence-corrected chi connectivity index (χ0v) is 21.3. The van der Waals surface area contributed by atoms with Crippen LogP contribution < -0.4 is 4.74 Å². The highest BCUT2D eigenvalue weighted by Crippen LogP contribution is 2.29. The summed E-state index contributed by atoms with van der Waals surface area (Å²) < 4.78 is 5.29. The summed E-state index contributed by atoms with van der Waals surface area (Å²) in [6.45, 7) is 7.27. The van der Waals surface area contributed by atoms with E-state index in [2.05, 4.69) is 21.7 Å². The molecule has 2 amide bonds. The van der Waals surface area contributed by atoms with Crippen LogP contribution >= 0.6 is 0 Å². The molecule has 2 aliphatic heterocycles. The van der Waals surface area contributed by atoms with Crippen LogP contribution in [-0.2, 0) is 4.79 Å². The second kappa shape index (κ2) is 10.6. The van der Waals surface area contributed by atoms with Gasteiger partial charge in [-0.3, -0.25) is 14.5 Å². The Morgan fingerprint density at radius 3 is 2.31 bits per heavy atom. The number of ether oxygens (including phenoxy) is 1. The number of fused-ring (bicyclic) bond motifs is 1. The highest BCUT2D eigenvalue weighted by molar-refractivity contribution is 5.98. The van der Waals surface area contributed by atoms with Crippen molar-refractivity contribution in [2.75, 3.05) is 46.4 Å². The van der Waals surface area contributed by atoms with Crippen molar-refractivity contribution in [3.05, 3.63) is 30.0 Å². The number of amides is 2. The van der Waals surface area contributed by atoms with E-state index in [1.807, 2.05) is 29.2 Å². The number of hydrogen-bond donors (Lipinski definition) is 1. The summed E-state index contributed by atoms with van der Waals surface area (Å²) in [5, 5.41) is 1.01. The molecule has 5 rings (SSSR count). The fourth-order valence-electron chi connectivity index (χ4n) is 6.36. The van der Waals surface area contributed by atoms with Crippen LogP contribution in [0, 0.1) is 11.8 Å². The molecular formula is C28H40N4O3. The first-order valence-corrected chi connectivity index (χ1v) is 13.5. The van der Waals surface area contributed by atoms with E-state index in [-0.39, 0.29) is 11.8 Å². The zero-order valence-electron chi connectivity index (χ0n) is 21.3. The molecule has 0 spiro atoms. The van der Waals surface area contributed by atoms with Crippen LogP contribution in [0.3, 0.4) is 0 Å². The lowest BCUT2D eigenvalue weighted by atomic mass is 9.84. The third-order valence-electron chi connectivity index (χ3n) is 8.70. The number of rotatable bonds is 5. The number of aromatic nitrogens is 1. The van der Waals surface area contributed by atoms with E-state index in [0.29, 0.717) is 30.6 Å². The smallest absolute Gasteiger partial charge is 0.270 e. The normalized spacial score (nSPS) is 21.9. The summed E-state index contributed by atoms with van der Waals surface area (Å²) in [6.07, 6.45) is 8.52. The number of nitrogens with zero attached hydrogens (tertiary/aromatic N) is 3. The van der Waals surface area contributed by atoms with E-state index in [1.54, 1.807) is 7.11 Å². The molecule has 0 radical (unpaired) electrons. The molecule has 7 heteroatoms. The Morgan fingerprint density at radius 1 is 0.914 bits per heavy atom. The fraction of sp³-hybridized carbons (Fsp3) is 0.643. The van der Waals surface area contributed by atoms with Crippen LogP contribution in [0.25, 0.3) is 10.9 Å². The topological polar surface area (TPSA) is 68.9 Å². The molecule has 1 aromatic carbocycles. The van der Waals surface area contributed by atoms with Crippen LogP contribution in [0.1, 0.15) is 62.4 Å². The summed E-state index contributed by atoms with van der Waals surface area (Å²) >= 11 is 0. The van der Waals surface area contributed by atoms with Gasteiger partial charge in [-0.25, -0.2) is 0 Å². The Balaban J connectivity index is 1.11. The molecule has 1 atom stereocenters. The summed E-state index contributed by atoms with van der Waals surface area (Å²) in [5.74, 6) is 1.48. The molecule has 0 bridgehead atoms. The van der Waals surface area contributed by atoms with E-state index in [9.17, 15) is 9.59 Å². The lowest BCUT2D eigenvalue weighted by Gasteiger charge is -2.42. The van der Waals surface area contributed by atoms with Crippen molar-refractivity contribution in [1.29, 1.82) is 0 Å². The Hall–Kier alpha value is -2.54. The molecule has 1 saturated carbocycles. The van der Waals surface area contributed by atoms with Gasteiger partial charge in [0, 0.05) is 68.2 Å². The Bertz CT molecular complexity index is 1030. The summed E-state index contributed by atoms with van der Waals surface area (Å²) in [5.41, 5.74) is 1.53. The lowest BCUT2D eigenvalue weighted by molar-refractivity contribution is -0.139. The molecule has 3 aliphatic rings. The van der Waals surface area contributed by atoms with Crippen molar-refractivity contribution >= 4 is 22.7 Å². The molecule has 3 fully saturated rings. The van der Waals surface area contributed by atoms with Crippen molar-refractivity contribution < 1.29 is 14.3 Å². The van der Waals surface area contributed by atoms with Crippen LogP contribution in [0.2, 0.25) is 0 Å². The van der Waals surface area contributed by atoms with Gasteiger partial charge in [-0.1, -0.05) is 26.2 Å². The highest BCUT2D eigenvalue weighted by Gasteiger charge is 2.34. The number of benzene rings is 1. The maximum absolute atomic E-state index is 13.3. The van der Waals surface area contributed by atoms with Crippen molar-refractivity contribution in [3.63, 3.8) is 0 Å². The van der Waals surface area contributed by atoms with E-state index in [1.165, 1.54) is 32.1 Å². The number of piperidine rings is 1. The summed E-state index contributed by atoms with van der Waals surface area (Å²) in [4.78, 5) is 36.3. The number of nitrogens with one attached hydrogen (secondary N) is 1. The van der Waals surface area contributed by atoms with Crippen molar-refractivity contribution in [2.24, 2.45) is 11.8 Å². The second-order valence-corrected chi connectivity index (χ2v) is 10.7. The first-order valence-electron chi connectivity index (χ1n) is 13.5. The average molecular weight is 481 g/mol. The van der Waals surface area contributed by atoms with Gasteiger partial charge in [0.15, 0.2) is 0 Å². The van der Waals surface area contributed by atoms with Gasteiger partial charge in [-0.05, 0) is 49.8 Å². The minimum atomic E-state index is 0.0222. The number of likely N-dealkylation sites (tertiary alicyclic amines) is 1. The molecular weight excluding hydrogens is 440 g/mol. The monoisotopic (exact) mass is 480 g/mol. The number of aromatic amines is 1. The highest BCUT2D eigenvalue weighted by atomic mass is 16.5. The molecule has 2 aromatic rings. The minimum absolute atomic E-state index is 0.0222. The van der Waals surface area contributed by atoms with E-state index < -0.39 is 0 Å². The predicted molar refractivity (Wildman–Crippen MR) is 138 cm³/mol. The predicted octanol–water partition coefficient (Wildman–Crippen LogP) is 4.14. The van der Waals surface area contributed by atoms with Crippen LogP contribution in [-0.4, -0.2) is 83.9 Å². The summed E-state index contributed by atoms with van der Waals surface area (Å²) in [6, 6.07) is 8.45. The molecule has 2 saturated heterocycles. The Morgan fingerprint density at radius 2 is 1.63 bits per heavy atom. The third kappa shape index (κ3) is 5.20. The van der Waals surface area contributed by atoms with Gasteiger partial charge in [0.25, 0.3) is 5.91 Å². The number of carbonyl (C=O) groups excluding carboxylic acids is 2. The molecule has 3 heterocycles. The molecule has 0 unspecified atom stereocenters. The van der Waals surface area contributed by atoms with E-state index >= 15 is 0 Å². The number of piperazine rings is 1. The molecule has 190 valence electrons. The van der Waals surface area contributed by atoms with Crippen LogP contribution in [0.15, 0.2) is 24.3 Å². The molecule has 1 aliphatic carbocycles. The molecule has 1 aromatic heterocycles. The van der Waals surface area contributed by atoms with Gasteiger partial charge in [0.2, 0.25) is 5.91 Å². The maximum Gasteiger partial charge on any atom is 0.270 e. The number of hydrogen-bond acceptors (Lipinski definition) is 4. The zero-order chi connectivity index (χ0) is 24.4. The van der Waals surface area contributed by atoms with Crippen molar-refractivity contribution in [2.45, 2.75) is 57.9 Å². The first kappa shape index (κ1) is 24.2. The van der Waals surface area contributed by atoms with Gasteiger partial charge in [0.05, 0.1) is 7.11 Å². The Kier molecular flexibility index (Phi) is 7.32. The number of methoxy groups -OCH3 is 1. The van der Waals surface area contributed by atoms with Crippen molar-refractivity contribution in [1.82, 2.24) is 19.7 Å². The molecule has 35 heavy (non-hydrogen) atoms. The molecule has 7 nitrogen and oxygen atoms in total.